The molecule has 0 aliphatic carbocycles. The number of carbonyl (C=O) groups is 3. The van der Waals surface area contributed by atoms with Gasteiger partial charge in [0.25, 0.3) is 11.8 Å². The minimum atomic E-state index is -0.942. The van der Waals surface area contributed by atoms with Crippen LogP contribution >= 0.6 is 0 Å². The van der Waals surface area contributed by atoms with E-state index in [9.17, 15) is 18.8 Å². The van der Waals surface area contributed by atoms with E-state index in [1.165, 1.54) is 29.2 Å². The molecule has 4 rings (SSSR count). The second kappa shape index (κ2) is 8.75. The SMILES string of the molecule is Cc1ccc(CN(C(=O)c2ccc(F)cc2)C2CC(=O)N(c3ccc(C)cc3)C2=O)cc1. The highest BCUT2D eigenvalue weighted by molar-refractivity contribution is 6.23. The van der Waals surface area contributed by atoms with Crippen molar-refractivity contribution in [3.05, 3.63) is 101 Å². The fourth-order valence-electron chi connectivity index (χ4n) is 3.80. The first-order valence-corrected chi connectivity index (χ1v) is 10.4. The van der Waals surface area contributed by atoms with Gasteiger partial charge in [0.05, 0.1) is 12.1 Å². The van der Waals surface area contributed by atoms with Crippen LogP contribution in [-0.2, 0) is 16.1 Å². The Kier molecular flexibility index (Phi) is 5.86. The summed E-state index contributed by atoms with van der Waals surface area (Å²) >= 11 is 0. The Morgan fingerprint density at radius 1 is 0.906 bits per heavy atom. The van der Waals surface area contributed by atoms with Crippen molar-refractivity contribution in [3.8, 4) is 0 Å². The number of carbonyl (C=O) groups excluding carboxylic acids is 3. The molecule has 5 nitrogen and oxygen atoms in total. The lowest BCUT2D eigenvalue weighted by molar-refractivity contribution is -0.122. The third-order valence-corrected chi connectivity index (χ3v) is 5.62. The van der Waals surface area contributed by atoms with E-state index < -0.39 is 23.7 Å². The summed E-state index contributed by atoms with van der Waals surface area (Å²) in [6.45, 7) is 4.04. The molecule has 3 aromatic rings. The summed E-state index contributed by atoms with van der Waals surface area (Å²) in [6, 6.07) is 19.0. The smallest absolute Gasteiger partial charge is 0.257 e. The predicted octanol–water partition coefficient (Wildman–Crippen LogP) is 4.42. The maximum Gasteiger partial charge on any atom is 0.257 e. The third-order valence-electron chi connectivity index (χ3n) is 5.62. The topological polar surface area (TPSA) is 57.7 Å². The standard InChI is InChI=1S/C26H23FN2O3/c1-17-3-7-19(8-4-17)16-28(25(31)20-9-11-21(27)12-10-20)23-15-24(30)29(26(23)32)22-13-5-18(2)6-14-22/h3-14,23H,15-16H2,1-2H3. The number of nitrogens with zero attached hydrogens (tertiary/aromatic N) is 2. The van der Waals surface area contributed by atoms with Crippen molar-refractivity contribution in [2.45, 2.75) is 32.9 Å². The van der Waals surface area contributed by atoms with Crippen molar-refractivity contribution in [1.29, 1.82) is 0 Å². The summed E-state index contributed by atoms with van der Waals surface area (Å²) in [5, 5.41) is 0. The van der Waals surface area contributed by atoms with Crippen molar-refractivity contribution in [2.24, 2.45) is 0 Å². The fourth-order valence-corrected chi connectivity index (χ4v) is 3.80. The molecule has 0 N–H and O–H groups in total. The number of imide groups is 1. The van der Waals surface area contributed by atoms with Gasteiger partial charge in [0.15, 0.2) is 0 Å². The zero-order chi connectivity index (χ0) is 22.8. The molecule has 162 valence electrons. The van der Waals surface area contributed by atoms with Gasteiger partial charge in [-0.15, -0.1) is 0 Å². The molecule has 1 aliphatic rings. The lowest BCUT2D eigenvalue weighted by Gasteiger charge is -2.28. The maximum absolute atomic E-state index is 13.4. The van der Waals surface area contributed by atoms with Crippen molar-refractivity contribution in [2.75, 3.05) is 4.90 Å². The number of hydrogen-bond donors (Lipinski definition) is 0. The molecule has 1 atom stereocenters. The van der Waals surface area contributed by atoms with E-state index in [4.69, 9.17) is 0 Å². The molecular weight excluding hydrogens is 407 g/mol. The summed E-state index contributed by atoms with van der Waals surface area (Å²) in [6.07, 6.45) is -0.106. The first kappa shape index (κ1) is 21.4. The normalized spacial score (nSPS) is 15.8. The number of hydrogen-bond acceptors (Lipinski definition) is 3. The van der Waals surface area contributed by atoms with E-state index in [-0.39, 0.29) is 24.4 Å². The Bertz CT molecular complexity index is 1160. The highest BCUT2D eigenvalue weighted by atomic mass is 19.1. The summed E-state index contributed by atoms with van der Waals surface area (Å²) in [5.41, 5.74) is 3.66. The fraction of sp³-hybridized carbons (Fsp3) is 0.192. The highest BCUT2D eigenvalue weighted by Gasteiger charge is 2.44. The number of benzene rings is 3. The van der Waals surface area contributed by atoms with Crippen LogP contribution in [0.4, 0.5) is 10.1 Å². The average Bonchev–Trinajstić information content (AvgIpc) is 3.08. The van der Waals surface area contributed by atoms with Gasteiger partial charge in [0.1, 0.15) is 11.9 Å². The van der Waals surface area contributed by atoms with Crippen LogP contribution in [0.25, 0.3) is 0 Å². The summed E-state index contributed by atoms with van der Waals surface area (Å²) in [7, 11) is 0. The van der Waals surface area contributed by atoms with Crippen LogP contribution < -0.4 is 4.90 Å². The van der Waals surface area contributed by atoms with Crippen molar-refractivity contribution in [1.82, 2.24) is 4.90 Å². The van der Waals surface area contributed by atoms with Gasteiger partial charge in [-0.2, -0.15) is 0 Å². The van der Waals surface area contributed by atoms with E-state index in [1.54, 1.807) is 12.1 Å². The Morgan fingerprint density at radius 2 is 1.47 bits per heavy atom. The Morgan fingerprint density at radius 3 is 2.06 bits per heavy atom. The third kappa shape index (κ3) is 4.30. The first-order chi connectivity index (χ1) is 15.3. The van der Waals surface area contributed by atoms with Crippen LogP contribution in [0.2, 0.25) is 0 Å². The van der Waals surface area contributed by atoms with Crippen LogP contribution in [0.3, 0.4) is 0 Å². The molecule has 3 aromatic carbocycles. The molecule has 6 heteroatoms. The van der Waals surface area contributed by atoms with Gasteiger partial charge < -0.3 is 4.90 Å². The zero-order valence-corrected chi connectivity index (χ0v) is 17.9. The minimum Gasteiger partial charge on any atom is -0.322 e. The number of aryl methyl sites for hydroxylation is 2. The lowest BCUT2D eigenvalue weighted by Crippen LogP contribution is -2.45. The summed E-state index contributed by atoms with van der Waals surface area (Å²) in [4.78, 5) is 42.1. The van der Waals surface area contributed by atoms with Crippen LogP contribution in [0.1, 0.15) is 33.5 Å². The molecule has 1 saturated heterocycles. The quantitative estimate of drug-likeness (QED) is 0.563. The van der Waals surface area contributed by atoms with E-state index in [2.05, 4.69) is 0 Å². The van der Waals surface area contributed by atoms with Gasteiger partial charge in [0.2, 0.25) is 5.91 Å². The number of halogens is 1. The van der Waals surface area contributed by atoms with E-state index in [1.807, 2.05) is 50.2 Å². The van der Waals surface area contributed by atoms with Crippen molar-refractivity contribution < 1.29 is 18.8 Å². The first-order valence-electron chi connectivity index (χ1n) is 10.4. The Hall–Kier alpha value is -3.80. The van der Waals surface area contributed by atoms with Gasteiger partial charge in [-0.05, 0) is 55.8 Å². The summed E-state index contributed by atoms with van der Waals surface area (Å²) < 4.78 is 13.4. The minimum absolute atomic E-state index is 0.106. The molecular formula is C26H23FN2O3. The van der Waals surface area contributed by atoms with Gasteiger partial charge in [0, 0.05) is 12.1 Å². The van der Waals surface area contributed by atoms with Crippen LogP contribution in [0, 0.1) is 19.7 Å². The molecule has 0 saturated carbocycles. The summed E-state index contributed by atoms with van der Waals surface area (Å²) in [5.74, 6) is -1.68. The Labute approximate surface area is 186 Å². The maximum atomic E-state index is 13.4. The molecule has 3 amide bonds. The monoisotopic (exact) mass is 430 g/mol. The van der Waals surface area contributed by atoms with Gasteiger partial charge in [-0.25, -0.2) is 9.29 Å². The van der Waals surface area contributed by atoms with Crippen molar-refractivity contribution in [3.63, 3.8) is 0 Å². The molecule has 0 bridgehead atoms. The molecule has 1 aliphatic heterocycles. The molecule has 0 spiro atoms. The number of anilines is 1. The van der Waals surface area contributed by atoms with Crippen LogP contribution in [-0.4, -0.2) is 28.7 Å². The molecule has 1 unspecified atom stereocenters. The van der Waals surface area contributed by atoms with E-state index >= 15 is 0 Å². The largest absolute Gasteiger partial charge is 0.322 e. The van der Waals surface area contributed by atoms with E-state index in [0.29, 0.717) is 5.69 Å². The number of rotatable bonds is 5. The molecule has 32 heavy (non-hydrogen) atoms. The van der Waals surface area contributed by atoms with Crippen LogP contribution in [0.5, 0.6) is 0 Å². The molecule has 0 aromatic heterocycles. The van der Waals surface area contributed by atoms with E-state index in [0.717, 1.165) is 21.6 Å². The second-order valence-electron chi connectivity index (χ2n) is 8.05. The van der Waals surface area contributed by atoms with Crippen LogP contribution in [0.15, 0.2) is 72.8 Å². The van der Waals surface area contributed by atoms with Crippen molar-refractivity contribution >= 4 is 23.4 Å². The Balaban J connectivity index is 1.68. The lowest BCUT2D eigenvalue weighted by atomic mass is 10.1. The average molecular weight is 430 g/mol. The highest BCUT2D eigenvalue weighted by Crippen LogP contribution is 2.28. The van der Waals surface area contributed by atoms with Gasteiger partial charge >= 0.3 is 0 Å². The predicted molar refractivity (Wildman–Crippen MR) is 120 cm³/mol. The number of amides is 3. The van der Waals surface area contributed by atoms with Gasteiger partial charge in [-0.3, -0.25) is 14.4 Å². The molecule has 1 fully saturated rings. The molecule has 1 heterocycles. The zero-order valence-electron chi connectivity index (χ0n) is 17.9. The second-order valence-corrected chi connectivity index (χ2v) is 8.05. The molecule has 0 radical (unpaired) electrons. The van der Waals surface area contributed by atoms with Gasteiger partial charge in [-0.1, -0.05) is 47.5 Å².